The molecule has 2 unspecified atom stereocenters. The van der Waals surface area contributed by atoms with E-state index in [-0.39, 0.29) is 138 Å². The van der Waals surface area contributed by atoms with Crippen LogP contribution in [0.25, 0.3) is 32.7 Å². The Bertz CT molecular complexity index is 2640. The Morgan fingerprint density at radius 1 is 0.470 bits per heavy atom. The zero-order valence-corrected chi connectivity index (χ0v) is 53.7. The van der Waals surface area contributed by atoms with E-state index in [2.05, 4.69) is 109 Å². The second-order valence-electron chi connectivity index (χ2n) is 13.5. The molecule has 2 atom stereocenters. The van der Waals surface area contributed by atoms with Gasteiger partial charge in [-0.25, -0.2) is 0 Å². The summed E-state index contributed by atoms with van der Waals surface area (Å²) in [5.74, 6) is 0. The Morgan fingerprint density at radius 3 is 0.970 bits per heavy atom. The van der Waals surface area contributed by atoms with Crippen LogP contribution in [-0.2, 0) is 138 Å². The van der Waals surface area contributed by atoms with Crippen LogP contribution in [0.15, 0.2) is 182 Å². The molecule has 0 saturated heterocycles. The van der Waals surface area contributed by atoms with E-state index in [4.69, 9.17) is 30.1 Å². The first-order chi connectivity index (χ1) is 29.2. The van der Waals surface area contributed by atoms with Gasteiger partial charge < -0.3 is 41.1 Å². The monoisotopic (exact) mass is 1390 g/mol. The number of hydrogen-bond donors (Lipinski definition) is 2. The molecular weight excluding hydrogens is 1350 g/mol. The van der Waals surface area contributed by atoms with E-state index in [0.717, 1.165) is 43.3 Å². The maximum atomic E-state index is 13.2. The quantitative estimate of drug-likeness (QED) is 0.0762. The number of rotatable bonds is 11. The van der Waals surface area contributed by atoms with E-state index in [1.165, 1.54) is 35.4 Å². The molecule has 0 radical (unpaired) electrons. The summed E-state index contributed by atoms with van der Waals surface area (Å²) in [6.45, 7) is 0. The number of halogens is 2. The second-order valence-corrected chi connectivity index (χ2v) is 24.8. The topological polar surface area (TPSA) is 93.1 Å². The fraction of sp³-hybridized carbons (Fsp3) is 0.0408. The van der Waals surface area contributed by atoms with Crippen LogP contribution < -0.4 is 42.4 Å². The fourth-order valence-electron chi connectivity index (χ4n) is 7.53. The molecule has 66 heavy (non-hydrogen) atoms. The van der Waals surface area contributed by atoms with Gasteiger partial charge in [-0.1, -0.05) is 97.1 Å². The minimum Gasteiger partial charge on any atom is -0.358 e. The predicted molar refractivity (Wildman–Crippen MR) is 274 cm³/mol. The largest absolute Gasteiger partial charge is 0.358 e. The van der Waals surface area contributed by atoms with Crippen molar-refractivity contribution in [3.63, 3.8) is 0 Å². The second kappa shape index (κ2) is 30.9. The molecule has 0 fully saturated rings. The third kappa shape index (κ3) is 15.1. The first kappa shape index (κ1) is 62.3. The van der Waals surface area contributed by atoms with E-state index < -0.39 is 45.9 Å². The summed E-state index contributed by atoms with van der Waals surface area (Å²) in [6, 6.07) is 61.6. The summed E-state index contributed by atoms with van der Waals surface area (Å²) in [7, 11) is 0.599. The van der Waals surface area contributed by atoms with Gasteiger partial charge in [-0.15, -0.1) is 0 Å². The molecule has 8 aromatic carbocycles. The maximum Gasteiger partial charge on any atom is 0 e. The van der Waals surface area contributed by atoms with Crippen molar-refractivity contribution in [1.29, 1.82) is 1.66 Å². The minimum atomic E-state index is -4.06. The Kier molecular flexibility index (Phi) is 29.2. The predicted octanol–water partition coefficient (Wildman–Crippen LogP) is 9.74. The number of benzene rings is 8. The van der Waals surface area contributed by atoms with Gasteiger partial charge in [0.25, 0.3) is 0 Å². The first-order valence-corrected chi connectivity index (χ1v) is 29.0. The molecule has 2 N–H and O–H groups in total. The van der Waals surface area contributed by atoms with E-state index >= 15 is 0 Å². The summed E-state index contributed by atoms with van der Waals surface area (Å²) in [5.41, 5.74) is 2.03. The maximum absolute atomic E-state index is 13.2. The van der Waals surface area contributed by atoms with Gasteiger partial charge in [0.05, 0.1) is 26.5 Å². The van der Waals surface area contributed by atoms with E-state index in [9.17, 15) is 18.9 Å². The van der Waals surface area contributed by atoms with Crippen molar-refractivity contribution in [2.24, 2.45) is 0 Å². The van der Waals surface area contributed by atoms with E-state index in [1.54, 1.807) is 24.3 Å². The van der Waals surface area contributed by atoms with Gasteiger partial charge in [0.1, 0.15) is 31.8 Å². The normalized spacial score (nSPS) is 13.0. The van der Waals surface area contributed by atoms with E-state index in [1.807, 2.05) is 48.5 Å². The Morgan fingerprint density at radius 2 is 0.727 bits per heavy atom. The molecule has 8 aromatic rings. The van der Waals surface area contributed by atoms with Gasteiger partial charge >= 0.3 is 51.1 Å². The van der Waals surface area contributed by atoms with Crippen LogP contribution >= 0.6 is 50.4 Å². The van der Waals surface area contributed by atoms with Gasteiger partial charge in [-0.05, 0) is 106 Å². The molecule has 0 aliphatic rings. The molecule has 0 aromatic heterocycles. The third-order valence-corrected chi connectivity index (χ3v) is 18.6. The summed E-state index contributed by atoms with van der Waals surface area (Å²) in [4.78, 5) is 21.6. The average Bonchev–Trinajstić information content (AvgIpc) is 3.27. The van der Waals surface area contributed by atoms with Crippen LogP contribution in [0, 0.1) is 22.3 Å². The first-order valence-electron chi connectivity index (χ1n) is 19.1. The van der Waals surface area contributed by atoms with Crippen molar-refractivity contribution in [2.75, 3.05) is 14.2 Å². The van der Waals surface area contributed by atoms with E-state index in [0.29, 0.717) is 0 Å². The Labute approximate surface area is 487 Å². The minimum absolute atomic E-state index is 0. The Hall–Kier alpha value is 0.176. The summed E-state index contributed by atoms with van der Waals surface area (Å²) in [5, 5.41) is 11.0. The molecule has 17 heteroatoms. The van der Waals surface area contributed by atoms with Gasteiger partial charge in [-0.2, -0.15) is 0 Å². The van der Waals surface area contributed by atoms with Crippen molar-refractivity contribution in [3.8, 4) is 11.1 Å². The zero-order valence-electron chi connectivity index (χ0n) is 38.9. The number of fused-ring (bicyclic) bond motifs is 2. The molecule has 342 valence electrons. The van der Waals surface area contributed by atoms with Crippen molar-refractivity contribution in [1.82, 2.24) is 0 Å². The average molecular weight is 1400 g/mol. The van der Waals surface area contributed by atoms with Crippen LogP contribution in [0.4, 0.5) is 0 Å². The molecule has 0 saturated carbocycles. The van der Waals surface area contributed by atoms with Gasteiger partial charge in [0, 0.05) is 130 Å². The van der Waals surface area contributed by atoms with Crippen molar-refractivity contribution in [2.45, 2.75) is 0 Å². The summed E-state index contributed by atoms with van der Waals surface area (Å²) in [6.07, 6.45) is 0. The Balaban J connectivity index is 0.00000356. The van der Waals surface area contributed by atoms with Crippen LogP contribution in [0.3, 0.4) is 0 Å². The molecule has 0 spiro atoms. The van der Waals surface area contributed by atoms with Crippen LogP contribution in [0.5, 0.6) is 0 Å². The van der Waals surface area contributed by atoms with Crippen LogP contribution in [0.1, 0.15) is 0 Å². The summed E-state index contributed by atoms with van der Waals surface area (Å²) >= 11 is -3.42. The number of hydrogen-bond acceptors (Lipinski definition) is 4. The van der Waals surface area contributed by atoms with Gasteiger partial charge in [0.2, 0.25) is 0 Å². The third-order valence-electron chi connectivity index (χ3n) is 10.2. The van der Waals surface area contributed by atoms with Crippen LogP contribution in [0.2, 0.25) is 0 Å². The van der Waals surface area contributed by atoms with Crippen molar-refractivity contribution in [3.05, 3.63) is 204 Å². The smallest absolute Gasteiger partial charge is 0 e. The molecule has 0 heterocycles. The molecule has 0 aliphatic carbocycles. The molecular formula is C49H51Cl2O6P4RuZr4-. The zero-order chi connectivity index (χ0) is 43.4. The molecule has 6 nitrogen and oxygen atoms in total. The van der Waals surface area contributed by atoms with Gasteiger partial charge in [-0.3, -0.25) is 9.13 Å². The van der Waals surface area contributed by atoms with Crippen molar-refractivity contribution >= 4 is 114 Å². The fourth-order valence-corrected chi connectivity index (χ4v) is 14.6. The van der Waals surface area contributed by atoms with Crippen molar-refractivity contribution < 1.29 is 148 Å². The molecule has 8 rings (SSSR count). The standard InChI is InChI=1S/C46H38O6P4.3CH3.2ClH.Ru.4Zr.2H/c1-51-55(47,48)39-25-27-41-33(31-39)23-29-43(53(35-15-7-3-8-16-35)36-17-9-4-10-18-36)45(41)46-42-28-26-40(56(49,50)52-2)32-34(42)24-30-44(46)54(37-19-11-5-12-20-37)38-21-13-6-14-22-38;;;;;;;;;;;;/h3-32H,1-2H3,(H,47,48)(H,49,50);3*1H3;2*1H;;;;;;;/q;3*-1;;;+2;;;;;;/i;;;;;;;;;;;2*1+1. The molecule has 0 bridgehead atoms. The molecule has 0 aliphatic heterocycles. The summed E-state index contributed by atoms with van der Waals surface area (Å²) < 4.78 is 49.2. The molecule has 0 amide bonds. The van der Waals surface area contributed by atoms with Crippen LogP contribution in [-0.4, -0.2) is 25.7 Å². The van der Waals surface area contributed by atoms with Gasteiger partial charge in [0.15, 0.2) is 0 Å². The SMILES string of the molecule is COP(=O)(O)c1ccc2c(-c3c([PH+](c4ccccc4)c4ccccc4)ccc4cc(P(=O)(O)OC)ccc34)c([PH+](c3ccccc3)c3ccccc3)ccc2c1.[2H][Ru]([2H])([Cl])[Cl].[CH3-].[CH3-].[CH3-].[Zr].[Zr].[Zr].[Zr].